The van der Waals surface area contributed by atoms with E-state index < -0.39 is 17.9 Å². The Balaban J connectivity index is 0. The Labute approximate surface area is 68.1 Å². The maximum atomic E-state index is 9.99. The first-order valence-corrected chi connectivity index (χ1v) is 2.30. The molecule has 0 saturated carbocycles. The quantitative estimate of drug-likeness (QED) is 0.550. The van der Waals surface area contributed by atoms with E-state index in [0.717, 1.165) is 0 Å². The van der Waals surface area contributed by atoms with E-state index in [0.29, 0.717) is 0 Å². The first-order chi connectivity index (χ1) is 4.04. The maximum absolute atomic E-state index is 9.99. The van der Waals surface area contributed by atoms with E-state index in [1.807, 2.05) is 0 Å². The molecule has 1 amide bonds. The van der Waals surface area contributed by atoms with Crippen molar-refractivity contribution < 1.29 is 14.7 Å². The number of rotatable bonds is 3. The van der Waals surface area contributed by atoms with E-state index in [1.165, 1.54) is 0 Å². The molecular weight excluding hydrogens is 204 g/mol. The molecule has 6 heteroatoms. The minimum absolute atomic E-state index is 0. The molecule has 0 radical (unpaired) electrons. The average Bonchev–Trinajstić information content (AvgIpc) is 1.63. The summed E-state index contributed by atoms with van der Waals surface area (Å²) in [6, 6.07) is -1.16. The van der Waals surface area contributed by atoms with Crippen LogP contribution in [0.25, 0.3) is 0 Å². The highest BCUT2D eigenvalue weighted by molar-refractivity contribution is 8.93. The van der Waals surface area contributed by atoms with Gasteiger partial charge in [-0.15, -0.1) is 17.0 Å². The number of primary amides is 1. The second-order valence-corrected chi connectivity index (χ2v) is 1.62. The number of hydrogen-bond acceptors (Lipinski definition) is 3. The number of carboxylic acid groups (broad SMARTS) is 1. The van der Waals surface area contributed by atoms with Gasteiger partial charge >= 0.3 is 5.97 Å². The van der Waals surface area contributed by atoms with E-state index in [4.69, 9.17) is 10.8 Å². The summed E-state index contributed by atoms with van der Waals surface area (Å²) in [5.41, 5.74) is 9.57. The second-order valence-electron chi connectivity index (χ2n) is 1.62. The normalized spacial score (nSPS) is 11.3. The van der Waals surface area contributed by atoms with Crippen LogP contribution in [-0.2, 0) is 9.59 Å². The number of nitrogens with two attached hydrogens (primary N) is 2. The summed E-state index contributed by atoms with van der Waals surface area (Å²) in [5.74, 6) is -1.92. The van der Waals surface area contributed by atoms with Crippen LogP contribution >= 0.6 is 17.0 Å². The predicted octanol–water partition coefficient (Wildman–Crippen LogP) is -1.15. The molecule has 60 valence electrons. The van der Waals surface area contributed by atoms with Gasteiger partial charge < -0.3 is 16.6 Å². The molecule has 0 fully saturated rings. The summed E-state index contributed by atoms with van der Waals surface area (Å²) in [7, 11) is 0. The van der Waals surface area contributed by atoms with Gasteiger partial charge in [-0.2, -0.15) is 0 Å². The molecule has 0 heterocycles. The molecule has 0 aromatic carbocycles. The third-order valence-electron chi connectivity index (χ3n) is 0.738. The van der Waals surface area contributed by atoms with Gasteiger partial charge in [0, 0.05) is 0 Å². The monoisotopic (exact) mass is 212 g/mol. The van der Waals surface area contributed by atoms with Gasteiger partial charge in [0.25, 0.3) is 0 Å². The molecule has 0 saturated heterocycles. The van der Waals surface area contributed by atoms with Crippen molar-refractivity contribution in [3.8, 4) is 0 Å². The van der Waals surface area contributed by atoms with Crippen molar-refractivity contribution in [2.75, 3.05) is 0 Å². The van der Waals surface area contributed by atoms with E-state index in [-0.39, 0.29) is 23.4 Å². The van der Waals surface area contributed by atoms with Crippen LogP contribution in [0.5, 0.6) is 0 Å². The number of carbonyl (C=O) groups is 2. The summed E-state index contributed by atoms with van der Waals surface area (Å²) in [6.45, 7) is 0. The van der Waals surface area contributed by atoms with E-state index >= 15 is 0 Å². The lowest BCUT2D eigenvalue weighted by atomic mass is 10.2. The van der Waals surface area contributed by atoms with Crippen LogP contribution < -0.4 is 11.5 Å². The van der Waals surface area contributed by atoms with E-state index in [1.54, 1.807) is 0 Å². The highest BCUT2D eigenvalue weighted by Gasteiger charge is 2.13. The van der Waals surface area contributed by atoms with Gasteiger partial charge in [0.1, 0.15) is 6.04 Å². The fourth-order valence-electron chi connectivity index (χ4n) is 0.304. The molecular formula is C4H9BrN2O3. The number of hydrogen-bond donors (Lipinski definition) is 3. The summed E-state index contributed by atoms with van der Waals surface area (Å²) >= 11 is 0. The molecule has 0 aromatic heterocycles. The van der Waals surface area contributed by atoms with Crippen LogP contribution in [0.1, 0.15) is 6.42 Å². The zero-order valence-corrected chi connectivity index (χ0v) is 6.82. The highest BCUT2D eigenvalue weighted by atomic mass is 79.9. The molecule has 1 unspecified atom stereocenters. The summed E-state index contributed by atoms with van der Waals surface area (Å²) < 4.78 is 0. The molecule has 0 aliphatic heterocycles. The maximum Gasteiger partial charge on any atom is 0.321 e. The first-order valence-electron chi connectivity index (χ1n) is 2.30. The van der Waals surface area contributed by atoms with Gasteiger partial charge in [-0.25, -0.2) is 0 Å². The van der Waals surface area contributed by atoms with Crippen molar-refractivity contribution in [3.05, 3.63) is 0 Å². The topological polar surface area (TPSA) is 106 Å². The van der Waals surface area contributed by atoms with Gasteiger partial charge in [0.05, 0.1) is 6.42 Å². The number of carboxylic acids is 1. The van der Waals surface area contributed by atoms with Crippen LogP contribution in [0, 0.1) is 0 Å². The Kier molecular flexibility index (Phi) is 6.27. The molecule has 0 bridgehead atoms. The first kappa shape index (κ1) is 12.1. The molecule has 5 nitrogen and oxygen atoms in total. The van der Waals surface area contributed by atoms with Gasteiger partial charge in [0.15, 0.2) is 0 Å². The van der Waals surface area contributed by atoms with Crippen molar-refractivity contribution in [1.29, 1.82) is 0 Å². The number of aliphatic carboxylic acids is 1. The number of halogens is 1. The van der Waals surface area contributed by atoms with Crippen LogP contribution in [0.2, 0.25) is 0 Å². The Morgan fingerprint density at radius 1 is 1.50 bits per heavy atom. The number of carbonyl (C=O) groups excluding carboxylic acids is 1. The SMILES string of the molecule is Br.NC(=O)CC(N)C(=O)O. The highest BCUT2D eigenvalue weighted by Crippen LogP contribution is 1.84. The molecule has 0 aliphatic carbocycles. The van der Waals surface area contributed by atoms with Crippen LogP contribution in [0.4, 0.5) is 0 Å². The van der Waals surface area contributed by atoms with Gasteiger partial charge in [-0.05, 0) is 0 Å². The van der Waals surface area contributed by atoms with Crippen LogP contribution in [0.15, 0.2) is 0 Å². The Hall–Kier alpha value is -0.620. The third-order valence-corrected chi connectivity index (χ3v) is 0.738. The second kappa shape index (κ2) is 5.19. The lowest BCUT2D eigenvalue weighted by Crippen LogP contribution is -2.34. The molecule has 10 heavy (non-hydrogen) atoms. The van der Waals surface area contributed by atoms with Gasteiger partial charge in [-0.1, -0.05) is 0 Å². The molecule has 0 spiro atoms. The van der Waals surface area contributed by atoms with E-state index in [9.17, 15) is 9.59 Å². The molecule has 0 aromatic rings. The minimum Gasteiger partial charge on any atom is -0.480 e. The summed E-state index contributed by atoms with van der Waals surface area (Å²) in [4.78, 5) is 19.9. The van der Waals surface area contributed by atoms with Gasteiger partial charge in [0.2, 0.25) is 5.91 Å². The molecule has 0 aliphatic rings. The Morgan fingerprint density at radius 2 is 1.90 bits per heavy atom. The van der Waals surface area contributed by atoms with Crippen LogP contribution in [-0.4, -0.2) is 23.0 Å². The zero-order valence-electron chi connectivity index (χ0n) is 5.11. The average molecular weight is 213 g/mol. The largest absolute Gasteiger partial charge is 0.480 e. The minimum atomic E-state index is -1.21. The summed E-state index contributed by atoms with van der Waals surface area (Å²) in [6.07, 6.45) is -0.310. The molecule has 5 N–H and O–H groups in total. The van der Waals surface area contributed by atoms with Crippen molar-refractivity contribution in [1.82, 2.24) is 0 Å². The van der Waals surface area contributed by atoms with Crippen LogP contribution in [0.3, 0.4) is 0 Å². The fourth-order valence-corrected chi connectivity index (χ4v) is 0.304. The van der Waals surface area contributed by atoms with Crippen molar-refractivity contribution in [2.24, 2.45) is 11.5 Å². The fraction of sp³-hybridized carbons (Fsp3) is 0.500. The molecule has 0 rings (SSSR count). The van der Waals surface area contributed by atoms with Crippen molar-refractivity contribution >= 4 is 28.9 Å². The lowest BCUT2D eigenvalue weighted by Gasteiger charge is -1.99. The lowest BCUT2D eigenvalue weighted by molar-refractivity contribution is -0.140. The third kappa shape index (κ3) is 5.52. The number of amides is 1. The Bertz CT molecular complexity index is 138. The predicted molar refractivity (Wildman–Crippen MR) is 39.7 cm³/mol. The van der Waals surface area contributed by atoms with Crippen molar-refractivity contribution in [3.63, 3.8) is 0 Å². The molecule has 1 atom stereocenters. The van der Waals surface area contributed by atoms with E-state index in [2.05, 4.69) is 5.73 Å². The standard InChI is InChI=1S/C4H8N2O3.BrH/c5-2(4(8)9)1-3(6)7;/h2H,1,5H2,(H2,6,7)(H,8,9);1H. The van der Waals surface area contributed by atoms with Gasteiger partial charge in [-0.3, -0.25) is 9.59 Å². The Morgan fingerprint density at radius 3 is 2.00 bits per heavy atom. The zero-order chi connectivity index (χ0) is 7.44. The summed E-state index contributed by atoms with van der Waals surface area (Å²) in [5, 5.41) is 8.10. The smallest absolute Gasteiger partial charge is 0.321 e. The van der Waals surface area contributed by atoms with Crippen molar-refractivity contribution in [2.45, 2.75) is 12.5 Å².